The Hall–Kier alpha value is -2.11. The van der Waals surface area contributed by atoms with Crippen LogP contribution in [0.4, 0.5) is 0 Å². The fourth-order valence-corrected chi connectivity index (χ4v) is 1.64. The van der Waals surface area contributed by atoms with Crippen LogP contribution in [0.3, 0.4) is 0 Å². The third-order valence-corrected chi connectivity index (χ3v) is 2.36. The number of esters is 2. The van der Waals surface area contributed by atoms with Crippen LogP contribution >= 0.6 is 0 Å². The molecule has 0 saturated heterocycles. The molecule has 6 heteroatoms. The lowest BCUT2D eigenvalue weighted by Gasteiger charge is -2.04. The van der Waals surface area contributed by atoms with Crippen LogP contribution in [0.5, 0.6) is 0 Å². The van der Waals surface area contributed by atoms with Crippen LogP contribution in [0.25, 0.3) is 0 Å². The zero-order valence-electron chi connectivity index (χ0n) is 11.4. The summed E-state index contributed by atoms with van der Waals surface area (Å²) in [4.78, 5) is 35.2. The van der Waals surface area contributed by atoms with Gasteiger partial charge < -0.3 is 13.9 Å². The predicted molar refractivity (Wildman–Crippen MR) is 65.4 cm³/mol. The summed E-state index contributed by atoms with van der Waals surface area (Å²) in [5.41, 5.74) is -0.212. The Labute approximate surface area is 110 Å². The molecule has 0 saturated carbocycles. The summed E-state index contributed by atoms with van der Waals surface area (Å²) in [5, 5.41) is 0. The summed E-state index contributed by atoms with van der Waals surface area (Å²) in [6.45, 7) is 6.28. The summed E-state index contributed by atoms with van der Waals surface area (Å²) in [6, 6.07) is 0. The van der Waals surface area contributed by atoms with E-state index >= 15 is 0 Å². The fraction of sp³-hybridized carbons (Fsp3) is 0.462. The highest BCUT2D eigenvalue weighted by Crippen LogP contribution is 2.25. The van der Waals surface area contributed by atoms with E-state index in [2.05, 4.69) is 0 Å². The van der Waals surface area contributed by atoms with Gasteiger partial charge in [0.25, 0.3) is 0 Å². The van der Waals surface area contributed by atoms with E-state index in [1.54, 1.807) is 13.8 Å². The average Bonchev–Trinajstić information content (AvgIpc) is 2.67. The Morgan fingerprint density at radius 1 is 1.00 bits per heavy atom. The lowest BCUT2D eigenvalue weighted by atomic mass is 10.1. The molecular weight excluding hydrogens is 252 g/mol. The van der Waals surface area contributed by atoms with Gasteiger partial charge in [0.05, 0.1) is 13.2 Å². The van der Waals surface area contributed by atoms with Crippen molar-refractivity contribution in [1.82, 2.24) is 0 Å². The van der Waals surface area contributed by atoms with Gasteiger partial charge in [0.2, 0.25) is 0 Å². The van der Waals surface area contributed by atoms with E-state index in [-0.39, 0.29) is 35.9 Å². The number of carbonyl (C=O) groups is 3. The van der Waals surface area contributed by atoms with Gasteiger partial charge in [-0.3, -0.25) is 4.79 Å². The highest BCUT2D eigenvalue weighted by Gasteiger charge is 2.31. The number of ether oxygens (including phenoxy) is 2. The first kappa shape index (κ1) is 14.9. The van der Waals surface area contributed by atoms with Crippen molar-refractivity contribution in [1.29, 1.82) is 0 Å². The number of carbonyl (C=O) groups excluding carboxylic acids is 3. The molecule has 0 bridgehead atoms. The first-order chi connectivity index (χ1) is 8.93. The minimum Gasteiger partial charge on any atom is -0.462 e. The van der Waals surface area contributed by atoms with E-state index < -0.39 is 17.7 Å². The smallest absolute Gasteiger partial charge is 0.343 e. The summed E-state index contributed by atoms with van der Waals surface area (Å²) in [5.74, 6) is -1.96. The van der Waals surface area contributed by atoms with Gasteiger partial charge in [-0.2, -0.15) is 0 Å². The number of Topliss-reactive ketones (excluding diaryl/α,β-unsaturated/α-hetero) is 1. The van der Waals surface area contributed by atoms with E-state index in [1.807, 2.05) is 0 Å². The quantitative estimate of drug-likeness (QED) is 0.601. The topological polar surface area (TPSA) is 82.8 Å². The fourth-order valence-electron chi connectivity index (χ4n) is 1.64. The molecule has 0 aliphatic carbocycles. The van der Waals surface area contributed by atoms with Crippen molar-refractivity contribution < 1.29 is 28.3 Å². The van der Waals surface area contributed by atoms with Gasteiger partial charge in [-0.25, -0.2) is 9.59 Å². The maximum atomic E-state index is 11.9. The maximum absolute atomic E-state index is 11.9. The molecule has 0 aliphatic heterocycles. The second-order valence-electron chi connectivity index (χ2n) is 3.73. The van der Waals surface area contributed by atoms with Crippen LogP contribution < -0.4 is 0 Å². The molecule has 0 aromatic carbocycles. The minimum atomic E-state index is -0.771. The lowest BCUT2D eigenvalue weighted by Crippen LogP contribution is -2.15. The Morgan fingerprint density at radius 2 is 1.47 bits per heavy atom. The molecule has 0 unspecified atom stereocenters. The predicted octanol–water partition coefficient (Wildman–Crippen LogP) is 2.14. The SMILES string of the molecule is CCOC(=O)c1c(C)oc(C(C)=O)c1C(=O)OCC. The molecule has 0 N–H and O–H groups in total. The third kappa shape index (κ3) is 3.01. The van der Waals surface area contributed by atoms with Crippen molar-refractivity contribution in [3.63, 3.8) is 0 Å². The van der Waals surface area contributed by atoms with Crippen molar-refractivity contribution in [2.24, 2.45) is 0 Å². The summed E-state index contributed by atoms with van der Waals surface area (Å²) in [7, 11) is 0. The number of hydrogen-bond acceptors (Lipinski definition) is 6. The Bertz CT molecular complexity index is 511. The number of hydrogen-bond donors (Lipinski definition) is 0. The molecule has 1 heterocycles. The van der Waals surface area contributed by atoms with E-state index in [0.29, 0.717) is 0 Å². The van der Waals surface area contributed by atoms with Crippen molar-refractivity contribution in [2.75, 3.05) is 13.2 Å². The second-order valence-corrected chi connectivity index (χ2v) is 3.73. The first-order valence-electron chi connectivity index (χ1n) is 5.92. The maximum Gasteiger partial charge on any atom is 0.343 e. The molecular formula is C13H16O6. The molecule has 0 spiro atoms. The molecule has 1 rings (SSSR count). The van der Waals surface area contributed by atoms with Crippen molar-refractivity contribution in [3.05, 3.63) is 22.6 Å². The van der Waals surface area contributed by atoms with Crippen LogP contribution in [-0.2, 0) is 9.47 Å². The highest BCUT2D eigenvalue weighted by atomic mass is 16.5. The van der Waals surface area contributed by atoms with Crippen molar-refractivity contribution in [3.8, 4) is 0 Å². The van der Waals surface area contributed by atoms with E-state index in [9.17, 15) is 14.4 Å². The normalized spacial score (nSPS) is 10.1. The standard InChI is InChI=1S/C13H16O6/c1-5-17-12(15)9-8(4)19-11(7(3)14)10(9)13(16)18-6-2/h5-6H2,1-4H3. The average molecular weight is 268 g/mol. The van der Waals surface area contributed by atoms with Gasteiger partial charge in [-0.1, -0.05) is 0 Å². The van der Waals surface area contributed by atoms with Crippen LogP contribution in [0, 0.1) is 6.92 Å². The molecule has 1 aromatic rings. The van der Waals surface area contributed by atoms with Crippen molar-refractivity contribution >= 4 is 17.7 Å². The third-order valence-electron chi connectivity index (χ3n) is 2.36. The molecule has 0 atom stereocenters. The summed E-state index contributed by atoms with van der Waals surface area (Å²) < 4.78 is 14.9. The van der Waals surface area contributed by atoms with Gasteiger partial charge in [0, 0.05) is 6.92 Å². The van der Waals surface area contributed by atoms with Gasteiger partial charge in [0.1, 0.15) is 16.9 Å². The van der Waals surface area contributed by atoms with Gasteiger partial charge in [-0.15, -0.1) is 0 Å². The van der Waals surface area contributed by atoms with Gasteiger partial charge in [0.15, 0.2) is 11.5 Å². The number of aryl methyl sites for hydroxylation is 1. The van der Waals surface area contributed by atoms with Crippen LogP contribution in [0.1, 0.15) is 57.8 Å². The lowest BCUT2D eigenvalue weighted by molar-refractivity contribution is 0.0478. The van der Waals surface area contributed by atoms with Gasteiger partial charge >= 0.3 is 11.9 Å². The van der Waals surface area contributed by atoms with E-state index in [0.717, 1.165) is 0 Å². The van der Waals surface area contributed by atoms with Crippen LogP contribution in [-0.4, -0.2) is 30.9 Å². The van der Waals surface area contributed by atoms with Crippen LogP contribution in [0.2, 0.25) is 0 Å². The second kappa shape index (κ2) is 6.17. The van der Waals surface area contributed by atoms with Crippen LogP contribution in [0.15, 0.2) is 4.42 Å². The zero-order chi connectivity index (χ0) is 14.6. The highest BCUT2D eigenvalue weighted by molar-refractivity contribution is 6.11. The molecule has 0 radical (unpaired) electrons. The number of ketones is 1. The molecule has 0 amide bonds. The Balaban J connectivity index is 3.40. The molecule has 19 heavy (non-hydrogen) atoms. The molecule has 0 fully saturated rings. The van der Waals surface area contributed by atoms with Gasteiger partial charge in [-0.05, 0) is 20.8 Å². The Morgan fingerprint density at radius 3 is 1.89 bits per heavy atom. The number of furan rings is 1. The van der Waals surface area contributed by atoms with E-state index in [1.165, 1.54) is 13.8 Å². The molecule has 0 aliphatic rings. The minimum absolute atomic E-state index is 0.0505. The molecule has 1 aromatic heterocycles. The first-order valence-corrected chi connectivity index (χ1v) is 5.92. The summed E-state index contributed by atoms with van der Waals surface area (Å²) >= 11 is 0. The molecule has 104 valence electrons. The zero-order valence-corrected chi connectivity index (χ0v) is 11.4. The largest absolute Gasteiger partial charge is 0.462 e. The molecule has 6 nitrogen and oxygen atoms in total. The Kier molecular flexibility index (Phi) is 4.86. The van der Waals surface area contributed by atoms with Crippen molar-refractivity contribution in [2.45, 2.75) is 27.7 Å². The number of rotatable bonds is 5. The summed E-state index contributed by atoms with van der Waals surface area (Å²) in [6.07, 6.45) is 0. The monoisotopic (exact) mass is 268 g/mol. The van der Waals surface area contributed by atoms with E-state index in [4.69, 9.17) is 13.9 Å².